The number of thioether (sulfide) groups is 1. The van der Waals surface area contributed by atoms with Crippen LogP contribution in [-0.2, 0) is 11.3 Å². The molecule has 1 aromatic heterocycles. The zero-order chi connectivity index (χ0) is 19.4. The van der Waals surface area contributed by atoms with Gasteiger partial charge in [-0.2, -0.15) is 0 Å². The number of nitrogens with zero attached hydrogens (tertiary/aromatic N) is 3. The number of carbonyl (C=O) groups excluding carboxylic acids is 1. The molecule has 1 atom stereocenters. The van der Waals surface area contributed by atoms with E-state index in [2.05, 4.69) is 22.4 Å². The van der Waals surface area contributed by atoms with E-state index in [0.29, 0.717) is 0 Å². The molecule has 140 valence electrons. The van der Waals surface area contributed by atoms with E-state index < -0.39 is 0 Å². The van der Waals surface area contributed by atoms with Crippen LogP contribution in [0.4, 0.5) is 5.69 Å². The van der Waals surface area contributed by atoms with E-state index in [0.717, 1.165) is 39.9 Å². The van der Waals surface area contributed by atoms with Crippen LogP contribution < -0.4 is 5.32 Å². The first-order valence-electron chi connectivity index (χ1n) is 9.03. The predicted octanol–water partition coefficient (Wildman–Crippen LogP) is 4.70. The van der Waals surface area contributed by atoms with Crippen molar-refractivity contribution < 1.29 is 4.79 Å². The smallest absolute Gasteiger partial charge is 0.237 e. The van der Waals surface area contributed by atoms with Crippen molar-refractivity contribution in [2.45, 2.75) is 44.6 Å². The Morgan fingerprint density at radius 2 is 1.89 bits per heavy atom. The first-order valence-corrected chi connectivity index (χ1v) is 9.91. The lowest BCUT2D eigenvalue weighted by Crippen LogP contribution is -2.23. The van der Waals surface area contributed by atoms with E-state index in [1.54, 1.807) is 0 Å². The number of anilines is 1. The largest absolute Gasteiger partial charge is 0.325 e. The molecular formula is C21H24N4OS. The molecule has 0 saturated heterocycles. The van der Waals surface area contributed by atoms with Gasteiger partial charge in [-0.25, -0.2) is 0 Å². The number of rotatable bonds is 6. The zero-order valence-electron chi connectivity index (χ0n) is 16.1. The van der Waals surface area contributed by atoms with Crippen molar-refractivity contribution in [3.63, 3.8) is 0 Å². The van der Waals surface area contributed by atoms with Crippen LogP contribution in [0.5, 0.6) is 0 Å². The summed E-state index contributed by atoms with van der Waals surface area (Å²) in [5.41, 5.74) is 4.05. The standard InChI is InChI=1S/C21H24N4OS/c1-5-25-19(17-9-7-6-8-10-17)23-24-21(25)27-16(4)20(26)22-18-13-14(2)11-12-15(18)3/h6-13,16H,5H2,1-4H3,(H,22,26). The summed E-state index contributed by atoms with van der Waals surface area (Å²) < 4.78 is 2.04. The predicted molar refractivity (Wildman–Crippen MR) is 111 cm³/mol. The van der Waals surface area contributed by atoms with E-state index in [4.69, 9.17) is 0 Å². The number of hydrogen-bond donors (Lipinski definition) is 1. The summed E-state index contributed by atoms with van der Waals surface area (Å²) >= 11 is 1.42. The highest BCUT2D eigenvalue weighted by Crippen LogP contribution is 2.27. The van der Waals surface area contributed by atoms with Gasteiger partial charge in [0.25, 0.3) is 0 Å². The Morgan fingerprint density at radius 3 is 2.59 bits per heavy atom. The van der Waals surface area contributed by atoms with Gasteiger partial charge in [-0.3, -0.25) is 4.79 Å². The molecule has 0 spiro atoms. The minimum Gasteiger partial charge on any atom is -0.325 e. The molecule has 1 unspecified atom stereocenters. The van der Waals surface area contributed by atoms with E-state index >= 15 is 0 Å². The fourth-order valence-corrected chi connectivity index (χ4v) is 3.69. The SMILES string of the molecule is CCn1c(SC(C)C(=O)Nc2cc(C)ccc2C)nnc1-c1ccccc1. The maximum atomic E-state index is 12.7. The summed E-state index contributed by atoms with van der Waals surface area (Å²) in [6.45, 7) is 8.70. The van der Waals surface area contributed by atoms with Crippen LogP contribution in [0.3, 0.4) is 0 Å². The monoisotopic (exact) mass is 380 g/mol. The second-order valence-corrected chi connectivity index (χ2v) is 7.79. The van der Waals surface area contributed by atoms with Gasteiger partial charge in [0.15, 0.2) is 11.0 Å². The van der Waals surface area contributed by atoms with E-state index in [1.807, 2.05) is 73.9 Å². The van der Waals surface area contributed by atoms with E-state index in [-0.39, 0.29) is 11.2 Å². The van der Waals surface area contributed by atoms with Gasteiger partial charge in [-0.05, 0) is 44.9 Å². The van der Waals surface area contributed by atoms with Crippen LogP contribution in [0.2, 0.25) is 0 Å². The third-order valence-corrected chi connectivity index (χ3v) is 5.45. The Bertz CT molecular complexity index is 937. The quantitative estimate of drug-likeness (QED) is 0.630. The lowest BCUT2D eigenvalue weighted by Gasteiger charge is -2.14. The van der Waals surface area contributed by atoms with Gasteiger partial charge >= 0.3 is 0 Å². The first-order chi connectivity index (χ1) is 13.0. The van der Waals surface area contributed by atoms with Gasteiger partial charge in [0, 0.05) is 17.8 Å². The minimum absolute atomic E-state index is 0.0411. The van der Waals surface area contributed by atoms with E-state index in [1.165, 1.54) is 11.8 Å². The number of aryl methyl sites for hydroxylation is 2. The summed E-state index contributed by atoms with van der Waals surface area (Å²) in [6, 6.07) is 16.0. The van der Waals surface area contributed by atoms with Crippen LogP contribution in [-0.4, -0.2) is 25.9 Å². The van der Waals surface area contributed by atoms with Gasteiger partial charge in [0.1, 0.15) is 0 Å². The number of benzene rings is 2. The molecule has 3 aromatic rings. The first kappa shape index (κ1) is 19.2. The highest BCUT2D eigenvalue weighted by Gasteiger charge is 2.20. The van der Waals surface area contributed by atoms with Gasteiger partial charge in [-0.1, -0.05) is 54.2 Å². The summed E-state index contributed by atoms with van der Waals surface area (Å²) in [5, 5.41) is 12.2. The van der Waals surface area contributed by atoms with Crippen molar-refractivity contribution in [3.05, 3.63) is 59.7 Å². The molecule has 1 N–H and O–H groups in total. The summed E-state index contributed by atoms with van der Waals surface area (Å²) in [6.07, 6.45) is 0. The average Bonchev–Trinajstić information content (AvgIpc) is 3.07. The van der Waals surface area contributed by atoms with Gasteiger partial charge in [0.2, 0.25) is 5.91 Å². The molecule has 1 amide bonds. The second-order valence-electron chi connectivity index (χ2n) is 6.48. The van der Waals surface area contributed by atoms with Crippen LogP contribution in [0.25, 0.3) is 11.4 Å². The highest BCUT2D eigenvalue weighted by molar-refractivity contribution is 8.00. The zero-order valence-corrected chi connectivity index (χ0v) is 16.9. The Labute approximate surface area is 164 Å². The maximum absolute atomic E-state index is 12.7. The van der Waals surface area contributed by atoms with Crippen molar-refractivity contribution in [2.75, 3.05) is 5.32 Å². The molecule has 6 heteroatoms. The van der Waals surface area contributed by atoms with Gasteiger partial charge in [-0.15, -0.1) is 10.2 Å². The number of hydrogen-bond acceptors (Lipinski definition) is 4. The summed E-state index contributed by atoms with van der Waals surface area (Å²) in [7, 11) is 0. The molecule has 0 radical (unpaired) electrons. The van der Waals surface area contributed by atoms with E-state index in [9.17, 15) is 4.79 Å². The molecule has 0 aliphatic carbocycles. The maximum Gasteiger partial charge on any atom is 0.237 e. The molecule has 0 bridgehead atoms. The molecular weight excluding hydrogens is 356 g/mol. The molecule has 0 aliphatic heterocycles. The third-order valence-electron chi connectivity index (χ3n) is 4.37. The van der Waals surface area contributed by atoms with Crippen molar-refractivity contribution in [1.29, 1.82) is 0 Å². The molecule has 0 aliphatic rings. The van der Waals surface area contributed by atoms with Gasteiger partial charge in [0.05, 0.1) is 5.25 Å². The van der Waals surface area contributed by atoms with Crippen LogP contribution in [0, 0.1) is 13.8 Å². The number of amides is 1. The minimum atomic E-state index is -0.289. The Kier molecular flexibility index (Phi) is 5.96. The number of nitrogens with one attached hydrogen (secondary N) is 1. The fourth-order valence-electron chi connectivity index (χ4n) is 2.78. The van der Waals surface area contributed by atoms with Crippen LogP contribution in [0.1, 0.15) is 25.0 Å². The van der Waals surface area contributed by atoms with Crippen molar-refractivity contribution >= 4 is 23.4 Å². The Balaban J connectivity index is 1.76. The molecule has 1 heterocycles. The normalized spacial score (nSPS) is 12.0. The molecule has 0 fully saturated rings. The second kappa shape index (κ2) is 8.39. The molecule has 27 heavy (non-hydrogen) atoms. The summed E-state index contributed by atoms with van der Waals surface area (Å²) in [4.78, 5) is 12.7. The van der Waals surface area contributed by atoms with Crippen LogP contribution >= 0.6 is 11.8 Å². The third kappa shape index (κ3) is 4.39. The Morgan fingerprint density at radius 1 is 1.15 bits per heavy atom. The topological polar surface area (TPSA) is 59.8 Å². The molecule has 2 aromatic carbocycles. The lowest BCUT2D eigenvalue weighted by atomic mass is 10.1. The average molecular weight is 381 g/mol. The fraction of sp³-hybridized carbons (Fsp3) is 0.286. The summed E-state index contributed by atoms with van der Waals surface area (Å²) in [5.74, 6) is 0.781. The number of carbonyl (C=O) groups is 1. The van der Waals surface area contributed by atoms with Crippen molar-refractivity contribution in [3.8, 4) is 11.4 Å². The van der Waals surface area contributed by atoms with Crippen LogP contribution in [0.15, 0.2) is 53.7 Å². The lowest BCUT2D eigenvalue weighted by molar-refractivity contribution is -0.115. The molecule has 5 nitrogen and oxygen atoms in total. The highest BCUT2D eigenvalue weighted by atomic mass is 32.2. The molecule has 0 saturated carbocycles. The number of aromatic nitrogens is 3. The molecule has 3 rings (SSSR count). The Hall–Kier alpha value is -2.60. The van der Waals surface area contributed by atoms with Crippen molar-refractivity contribution in [1.82, 2.24) is 14.8 Å². The van der Waals surface area contributed by atoms with Gasteiger partial charge < -0.3 is 9.88 Å². The van der Waals surface area contributed by atoms with Crippen molar-refractivity contribution in [2.24, 2.45) is 0 Å².